The van der Waals surface area contributed by atoms with Crippen LogP contribution in [0.15, 0.2) is 41.5 Å². The van der Waals surface area contributed by atoms with E-state index in [9.17, 15) is 18.4 Å². The maximum atomic E-state index is 15.6. The topological polar surface area (TPSA) is 107 Å². The van der Waals surface area contributed by atoms with Crippen LogP contribution in [0.2, 0.25) is 0 Å². The number of halogens is 3. The summed E-state index contributed by atoms with van der Waals surface area (Å²) in [5, 5.41) is 13.1. The lowest BCUT2D eigenvalue weighted by Crippen LogP contribution is -2.13. The van der Waals surface area contributed by atoms with Crippen LogP contribution in [0.3, 0.4) is 0 Å². The largest absolute Gasteiger partial charge is 0.490 e. The minimum absolute atomic E-state index is 0.0789. The van der Waals surface area contributed by atoms with Crippen LogP contribution in [0.25, 0.3) is 17.3 Å². The van der Waals surface area contributed by atoms with Crippen molar-refractivity contribution < 1.29 is 42.1 Å². The van der Waals surface area contributed by atoms with Crippen molar-refractivity contribution >= 4 is 34.4 Å². The van der Waals surface area contributed by atoms with Gasteiger partial charge in [0.05, 0.1) is 18.9 Å². The van der Waals surface area contributed by atoms with Crippen LogP contribution in [0.4, 0.5) is 18.3 Å². The molecule has 226 valence electrons. The number of hydrogen-bond acceptors (Lipinski definition) is 7. The van der Waals surface area contributed by atoms with Crippen molar-refractivity contribution in [1.29, 1.82) is 0 Å². The summed E-state index contributed by atoms with van der Waals surface area (Å²) in [4.78, 5) is 28.1. The van der Waals surface area contributed by atoms with E-state index in [1.807, 2.05) is 0 Å². The third kappa shape index (κ3) is 8.63. The molecule has 0 radical (unpaired) electrons. The number of aromatic nitrogens is 1. The lowest BCUT2D eigenvalue weighted by molar-refractivity contribution is -0.135. The van der Waals surface area contributed by atoms with E-state index >= 15 is 4.39 Å². The van der Waals surface area contributed by atoms with E-state index in [4.69, 9.17) is 14.6 Å². The number of amides is 1. The second-order valence-electron chi connectivity index (χ2n) is 9.73. The van der Waals surface area contributed by atoms with Crippen LogP contribution in [0, 0.1) is 23.4 Å². The Balaban J connectivity index is 1.71. The van der Waals surface area contributed by atoms with Gasteiger partial charge >= 0.3 is 5.97 Å². The van der Waals surface area contributed by atoms with E-state index in [2.05, 4.69) is 28.9 Å². The van der Waals surface area contributed by atoms with Gasteiger partial charge in [0.1, 0.15) is 17.5 Å². The molecule has 1 heterocycles. The molecule has 2 N–H and O–H groups in total. The number of nitrogens with zero attached hydrogens (tertiary/aromatic N) is 1. The fourth-order valence-corrected chi connectivity index (χ4v) is 4.80. The molecule has 1 unspecified atom stereocenters. The summed E-state index contributed by atoms with van der Waals surface area (Å²) in [7, 11) is 2.55. The van der Waals surface area contributed by atoms with Gasteiger partial charge in [-0.25, -0.2) is 22.9 Å². The third-order valence-electron chi connectivity index (χ3n) is 6.30. The lowest BCUT2D eigenvalue weighted by Gasteiger charge is -2.18. The Kier molecular flexibility index (Phi) is 12.1. The molecule has 1 aromatic heterocycles. The maximum absolute atomic E-state index is 15.6. The summed E-state index contributed by atoms with van der Waals surface area (Å²) in [5.74, 6) is -5.30. The first-order valence-corrected chi connectivity index (χ1v) is 14.1. The van der Waals surface area contributed by atoms with E-state index in [0.717, 1.165) is 43.4 Å². The number of hydrogen-bond donors (Lipinski definition) is 2. The smallest absolute Gasteiger partial charge is 0.371 e. The van der Waals surface area contributed by atoms with Crippen LogP contribution < -0.4 is 5.32 Å². The van der Waals surface area contributed by atoms with Crippen LogP contribution in [0.5, 0.6) is 0 Å². The Morgan fingerprint density at radius 3 is 2.43 bits per heavy atom. The Labute approximate surface area is 246 Å². The highest BCUT2D eigenvalue weighted by Crippen LogP contribution is 2.33. The molecule has 42 heavy (non-hydrogen) atoms. The molecule has 3 aromatic rings. The van der Waals surface area contributed by atoms with Crippen molar-refractivity contribution in [2.75, 3.05) is 32.8 Å². The highest BCUT2D eigenvalue weighted by Gasteiger charge is 2.21. The van der Waals surface area contributed by atoms with Crippen LogP contribution in [0.1, 0.15) is 60.7 Å². The normalized spacial score (nSPS) is 12.4. The van der Waals surface area contributed by atoms with Crippen LogP contribution in [-0.2, 0) is 19.0 Å². The number of aliphatic carboxylic acids is 1. The molecule has 0 aliphatic rings. The number of ether oxygens (including phenoxy) is 3. The number of nitrogens with one attached hydrogen (secondary N) is 1. The number of thiazole rings is 1. The minimum Gasteiger partial charge on any atom is -0.490 e. The number of carboxylic acids is 1. The molecule has 8 nitrogen and oxygen atoms in total. The molecular formula is C30H33F3N2O6S. The number of anilines is 1. The standard InChI is InChI=1S/C30H33F3N2O6S/c1-17(2)7-6-11-41-12-10-25(39-3)20-9-5-8-19(27(20)33)24-16-42-30(34-24)35-28(36)18-13-22(31)21(23(32)14-18)15-26(40-4)29(37)38/h5,8-9,13-17,25H,6-7,10-12H2,1-4H3,(H,37,38)(H,34,35,36)/b26-15-. The molecule has 1 amide bonds. The quantitative estimate of drug-likeness (QED) is 0.108. The SMILES string of the molecule is CO/C(=C\c1c(F)cc(C(=O)Nc2nc(-c3cccc(C(CCOCCCC(C)C)OC)c3F)cs2)cc1F)C(=O)O. The number of carboxylic acid groups (broad SMARTS) is 1. The van der Waals surface area contributed by atoms with Gasteiger partial charge in [0.15, 0.2) is 5.13 Å². The van der Waals surface area contributed by atoms with Crippen molar-refractivity contribution in [3.05, 3.63) is 75.6 Å². The molecule has 0 bridgehead atoms. The number of rotatable bonds is 15. The van der Waals surface area contributed by atoms with Crippen molar-refractivity contribution in [1.82, 2.24) is 4.98 Å². The van der Waals surface area contributed by atoms with Gasteiger partial charge < -0.3 is 19.3 Å². The molecule has 0 saturated heterocycles. The summed E-state index contributed by atoms with van der Waals surface area (Å²) < 4.78 is 60.5. The zero-order valence-corrected chi connectivity index (χ0v) is 24.5. The first kappa shape index (κ1) is 32.8. The Bertz CT molecular complexity index is 1400. The van der Waals surface area contributed by atoms with E-state index < -0.39 is 46.8 Å². The molecule has 0 spiro atoms. The predicted molar refractivity (Wildman–Crippen MR) is 154 cm³/mol. The van der Waals surface area contributed by atoms with Crippen molar-refractivity contribution in [2.24, 2.45) is 5.92 Å². The summed E-state index contributed by atoms with van der Waals surface area (Å²) in [5.41, 5.74) is -0.239. The molecule has 12 heteroatoms. The maximum Gasteiger partial charge on any atom is 0.371 e. The monoisotopic (exact) mass is 606 g/mol. The Morgan fingerprint density at radius 2 is 1.81 bits per heavy atom. The zero-order chi connectivity index (χ0) is 30.8. The molecule has 3 rings (SSSR count). The van der Waals surface area contributed by atoms with E-state index in [1.54, 1.807) is 23.6 Å². The van der Waals surface area contributed by atoms with Crippen LogP contribution in [-0.4, -0.2) is 49.4 Å². The molecule has 0 fully saturated rings. The highest BCUT2D eigenvalue weighted by atomic mass is 32.1. The zero-order valence-electron chi connectivity index (χ0n) is 23.7. The molecule has 2 aromatic carbocycles. The molecule has 0 aliphatic heterocycles. The second kappa shape index (κ2) is 15.5. The Morgan fingerprint density at radius 1 is 1.10 bits per heavy atom. The van der Waals surface area contributed by atoms with Gasteiger partial charge in [-0.2, -0.15) is 0 Å². The van der Waals surface area contributed by atoms with Gasteiger partial charge in [-0.05, 0) is 37.0 Å². The number of carbonyl (C=O) groups excluding carboxylic acids is 1. The van der Waals surface area contributed by atoms with E-state index in [1.165, 1.54) is 7.11 Å². The van der Waals surface area contributed by atoms with Gasteiger partial charge in [-0.1, -0.05) is 26.0 Å². The molecular weight excluding hydrogens is 573 g/mol. The summed E-state index contributed by atoms with van der Waals surface area (Å²) >= 11 is 1.01. The number of methoxy groups -OCH3 is 2. The van der Waals surface area contributed by atoms with Gasteiger partial charge in [0.2, 0.25) is 5.76 Å². The van der Waals surface area contributed by atoms with Gasteiger partial charge in [-0.15, -0.1) is 11.3 Å². The second-order valence-corrected chi connectivity index (χ2v) is 10.6. The van der Waals surface area contributed by atoms with Crippen molar-refractivity contribution in [2.45, 2.75) is 39.2 Å². The highest BCUT2D eigenvalue weighted by molar-refractivity contribution is 7.14. The molecule has 1 atom stereocenters. The van der Waals surface area contributed by atoms with Gasteiger partial charge in [0, 0.05) is 60.5 Å². The molecule has 0 saturated carbocycles. The van der Waals surface area contributed by atoms with Crippen LogP contribution >= 0.6 is 11.3 Å². The summed E-state index contributed by atoms with van der Waals surface area (Å²) in [6.07, 6.45) is 2.63. The van der Waals surface area contributed by atoms with Crippen molar-refractivity contribution in [3.8, 4) is 11.3 Å². The third-order valence-corrected chi connectivity index (χ3v) is 7.06. The first-order chi connectivity index (χ1) is 20.0. The minimum atomic E-state index is -1.51. The first-order valence-electron chi connectivity index (χ1n) is 13.2. The fourth-order valence-electron chi connectivity index (χ4n) is 4.10. The molecule has 0 aliphatic carbocycles. The van der Waals surface area contributed by atoms with E-state index in [-0.39, 0.29) is 22.0 Å². The average molecular weight is 607 g/mol. The van der Waals surface area contributed by atoms with Gasteiger partial charge in [0.25, 0.3) is 5.91 Å². The Hall–Kier alpha value is -3.74. The summed E-state index contributed by atoms with van der Waals surface area (Å²) in [6, 6.07) is 6.39. The number of benzene rings is 2. The summed E-state index contributed by atoms with van der Waals surface area (Å²) in [6.45, 7) is 5.35. The lowest BCUT2D eigenvalue weighted by atomic mass is 10.0. The predicted octanol–water partition coefficient (Wildman–Crippen LogP) is 7.08. The van der Waals surface area contributed by atoms with E-state index in [0.29, 0.717) is 37.2 Å². The average Bonchev–Trinajstić information content (AvgIpc) is 3.40. The fraction of sp³-hybridized carbons (Fsp3) is 0.367. The van der Waals surface area contributed by atoms with Crippen molar-refractivity contribution in [3.63, 3.8) is 0 Å². The number of carbonyl (C=O) groups is 2. The van der Waals surface area contributed by atoms with Gasteiger partial charge in [-0.3, -0.25) is 10.1 Å².